The Hall–Kier alpha value is -2.01. The van der Waals surface area contributed by atoms with E-state index in [1.165, 1.54) is 5.32 Å². The Morgan fingerprint density at radius 2 is 1.59 bits per heavy atom. The van der Waals surface area contributed by atoms with E-state index in [4.69, 9.17) is 4.55 Å². The van der Waals surface area contributed by atoms with E-state index in [1.54, 1.807) is 0 Å². The van der Waals surface area contributed by atoms with Gasteiger partial charge in [-0.25, -0.2) is 4.79 Å². The van der Waals surface area contributed by atoms with Crippen LogP contribution in [-0.4, -0.2) is 61.6 Å². The minimum atomic E-state index is -6.58. The van der Waals surface area contributed by atoms with Gasteiger partial charge < -0.3 is 14.8 Å². The van der Waals surface area contributed by atoms with Gasteiger partial charge in [0.25, 0.3) is 0 Å². The molecule has 1 amide bonds. The fraction of sp³-hybridized carbons (Fsp3) is 0.667. The topological polar surface area (TPSA) is 119 Å². The normalized spacial score (nSPS) is 15.4. The standard InChI is InChI=1S/C12H13F8NO7S/c1-6(13)7(22)28-10(8(23)21-2,11(16,17)18)27-5-3-4-9(14,15)12(19,20)29(24,25)26/h1,3-5H2,2H3,(H,21,23)(H,24,25,26). The third-order valence-corrected chi connectivity index (χ3v) is 3.99. The Bertz CT molecular complexity index is 752. The maximum atomic E-state index is 13.3. The zero-order chi connectivity index (χ0) is 23.5. The van der Waals surface area contributed by atoms with Crippen molar-refractivity contribution in [1.82, 2.24) is 5.32 Å². The highest BCUT2D eigenvalue weighted by Crippen LogP contribution is 2.42. The summed E-state index contributed by atoms with van der Waals surface area (Å²) < 4.78 is 141. The molecule has 0 radical (unpaired) electrons. The van der Waals surface area contributed by atoms with Gasteiger partial charge in [-0.3, -0.25) is 9.35 Å². The van der Waals surface area contributed by atoms with Gasteiger partial charge in [-0.1, -0.05) is 6.58 Å². The van der Waals surface area contributed by atoms with Gasteiger partial charge in [0.05, 0.1) is 6.61 Å². The molecule has 0 aromatic heterocycles. The number of hydrogen-bond acceptors (Lipinski definition) is 6. The summed E-state index contributed by atoms with van der Waals surface area (Å²) in [5.41, 5.74) is 0. The molecule has 0 aromatic carbocycles. The summed E-state index contributed by atoms with van der Waals surface area (Å²) in [6.45, 7) is 0.697. The molecule has 0 aromatic rings. The number of carbonyl (C=O) groups is 2. The second-order valence-corrected chi connectivity index (χ2v) is 6.60. The number of carbonyl (C=O) groups excluding carboxylic acids is 2. The first-order valence-electron chi connectivity index (χ1n) is 7.00. The molecule has 1 unspecified atom stereocenters. The molecule has 0 saturated carbocycles. The fourth-order valence-corrected chi connectivity index (χ4v) is 2.08. The van der Waals surface area contributed by atoms with E-state index in [0.717, 1.165) is 0 Å². The van der Waals surface area contributed by atoms with Crippen LogP contribution in [0.2, 0.25) is 0 Å². The van der Waals surface area contributed by atoms with Crippen molar-refractivity contribution in [3.05, 3.63) is 12.4 Å². The molecular weight excluding hydrogens is 454 g/mol. The number of alkyl halides is 7. The lowest BCUT2D eigenvalue weighted by atomic mass is 10.2. The number of rotatable bonds is 10. The van der Waals surface area contributed by atoms with E-state index in [9.17, 15) is 53.1 Å². The fourth-order valence-electron chi connectivity index (χ4n) is 1.60. The predicted molar refractivity (Wildman–Crippen MR) is 75.8 cm³/mol. The molecule has 0 saturated heterocycles. The molecule has 0 aliphatic heterocycles. The molecule has 1 atom stereocenters. The smallest absolute Gasteiger partial charge is 0.410 e. The number of ether oxygens (including phenoxy) is 2. The summed E-state index contributed by atoms with van der Waals surface area (Å²) >= 11 is 0. The van der Waals surface area contributed by atoms with Crippen molar-refractivity contribution in [2.24, 2.45) is 0 Å². The lowest BCUT2D eigenvalue weighted by Gasteiger charge is -2.32. The number of amides is 1. The summed E-state index contributed by atoms with van der Waals surface area (Å²) in [7, 11) is -5.98. The number of nitrogens with one attached hydrogen (secondary N) is 1. The van der Waals surface area contributed by atoms with Crippen LogP contribution in [0.15, 0.2) is 12.4 Å². The lowest BCUT2D eigenvalue weighted by Crippen LogP contribution is -2.61. The Morgan fingerprint density at radius 1 is 1.10 bits per heavy atom. The summed E-state index contributed by atoms with van der Waals surface area (Å²) in [4.78, 5) is 22.6. The molecule has 0 fully saturated rings. The van der Waals surface area contributed by atoms with Gasteiger partial charge in [0.1, 0.15) is 0 Å². The summed E-state index contributed by atoms with van der Waals surface area (Å²) in [5, 5.41) is -4.62. The highest BCUT2D eigenvalue weighted by atomic mass is 32.2. The molecule has 8 nitrogen and oxygen atoms in total. The maximum absolute atomic E-state index is 13.3. The highest BCUT2D eigenvalue weighted by Gasteiger charge is 2.67. The number of esters is 1. The molecule has 0 heterocycles. The molecular formula is C12H13F8NO7S. The lowest BCUT2D eigenvalue weighted by molar-refractivity contribution is -0.347. The largest absolute Gasteiger partial charge is 0.466 e. The van der Waals surface area contributed by atoms with Crippen LogP contribution in [0.5, 0.6) is 0 Å². The van der Waals surface area contributed by atoms with E-state index >= 15 is 0 Å². The Balaban J connectivity index is 5.58. The quantitative estimate of drug-likeness (QED) is 0.126. The molecule has 29 heavy (non-hydrogen) atoms. The van der Waals surface area contributed by atoms with E-state index in [2.05, 4.69) is 16.1 Å². The Morgan fingerprint density at radius 3 is 1.93 bits per heavy atom. The molecule has 2 N–H and O–H groups in total. The van der Waals surface area contributed by atoms with Crippen LogP contribution in [0.1, 0.15) is 12.8 Å². The SMILES string of the molecule is C=C(F)C(=O)OC(OCCCC(F)(F)C(F)(F)S(=O)(=O)O)(C(=O)NC)C(F)(F)F. The van der Waals surface area contributed by atoms with E-state index < -0.39 is 70.4 Å². The van der Waals surface area contributed by atoms with Crippen molar-refractivity contribution in [2.45, 2.75) is 36.0 Å². The van der Waals surface area contributed by atoms with Crippen LogP contribution in [0.4, 0.5) is 35.1 Å². The third kappa shape index (κ3) is 5.75. The Labute approximate surface area is 157 Å². The van der Waals surface area contributed by atoms with Crippen molar-refractivity contribution in [1.29, 1.82) is 0 Å². The molecule has 170 valence electrons. The Kier molecular flexibility index (Phi) is 8.17. The summed E-state index contributed by atoms with van der Waals surface area (Å²) in [6, 6.07) is 0. The summed E-state index contributed by atoms with van der Waals surface area (Å²) in [5.74, 6) is -16.8. The molecule has 17 heteroatoms. The van der Waals surface area contributed by atoms with Crippen LogP contribution >= 0.6 is 0 Å². The van der Waals surface area contributed by atoms with Gasteiger partial charge in [-0.15, -0.1) is 0 Å². The van der Waals surface area contributed by atoms with E-state index in [-0.39, 0.29) is 0 Å². The monoisotopic (exact) mass is 467 g/mol. The van der Waals surface area contributed by atoms with Crippen molar-refractivity contribution >= 4 is 22.0 Å². The van der Waals surface area contributed by atoms with Gasteiger partial charge in [-0.05, 0) is 6.42 Å². The third-order valence-electron chi connectivity index (χ3n) is 3.05. The highest BCUT2D eigenvalue weighted by molar-refractivity contribution is 7.87. The van der Waals surface area contributed by atoms with Gasteiger partial charge in [0, 0.05) is 13.5 Å². The number of hydrogen-bond donors (Lipinski definition) is 2. The van der Waals surface area contributed by atoms with Crippen LogP contribution < -0.4 is 5.32 Å². The maximum Gasteiger partial charge on any atom is 0.466 e. The first kappa shape index (κ1) is 27.0. The zero-order valence-electron chi connectivity index (χ0n) is 14.2. The first-order valence-corrected chi connectivity index (χ1v) is 8.44. The second-order valence-electron chi connectivity index (χ2n) is 5.14. The molecule has 0 bridgehead atoms. The van der Waals surface area contributed by atoms with Gasteiger partial charge >= 0.3 is 45.1 Å². The van der Waals surface area contributed by atoms with Crippen LogP contribution in [0.3, 0.4) is 0 Å². The van der Waals surface area contributed by atoms with Crippen molar-refractivity contribution < 1.29 is 67.2 Å². The molecule has 0 aliphatic rings. The molecule has 0 rings (SSSR count). The first-order chi connectivity index (χ1) is 12.8. The second kappa shape index (κ2) is 8.78. The number of likely N-dealkylation sites (N-methyl/N-ethyl adjacent to an activating group) is 1. The van der Waals surface area contributed by atoms with Gasteiger partial charge in [-0.2, -0.15) is 43.5 Å². The zero-order valence-corrected chi connectivity index (χ0v) is 15.0. The molecule has 0 aliphatic carbocycles. The summed E-state index contributed by atoms with van der Waals surface area (Å²) in [6.07, 6.45) is -9.51. The van der Waals surface area contributed by atoms with Gasteiger partial charge in [0.2, 0.25) is 5.83 Å². The predicted octanol–water partition coefficient (Wildman–Crippen LogP) is 1.93. The van der Waals surface area contributed by atoms with Crippen LogP contribution in [0.25, 0.3) is 0 Å². The van der Waals surface area contributed by atoms with Crippen molar-refractivity contribution in [3.8, 4) is 0 Å². The van der Waals surface area contributed by atoms with Crippen LogP contribution in [0, 0.1) is 0 Å². The number of halogens is 8. The average molecular weight is 467 g/mol. The van der Waals surface area contributed by atoms with E-state index in [0.29, 0.717) is 7.05 Å². The minimum absolute atomic E-state index is 0.602. The molecule has 0 spiro atoms. The van der Waals surface area contributed by atoms with E-state index in [1.807, 2.05) is 0 Å². The van der Waals surface area contributed by atoms with Gasteiger partial charge in [0.15, 0.2) is 0 Å². The average Bonchev–Trinajstić information content (AvgIpc) is 2.54. The minimum Gasteiger partial charge on any atom is -0.410 e. The van der Waals surface area contributed by atoms with Crippen molar-refractivity contribution in [3.63, 3.8) is 0 Å². The van der Waals surface area contributed by atoms with Crippen molar-refractivity contribution in [2.75, 3.05) is 13.7 Å². The van der Waals surface area contributed by atoms with Crippen LogP contribution in [-0.2, 0) is 29.2 Å².